The van der Waals surface area contributed by atoms with E-state index in [4.69, 9.17) is 29.2 Å². The van der Waals surface area contributed by atoms with Crippen LogP contribution in [0.5, 0.6) is 23.0 Å². The maximum Gasteiger partial charge on any atom is 0.241 e. The van der Waals surface area contributed by atoms with Crippen molar-refractivity contribution in [2.24, 2.45) is 5.73 Å². The normalized spacial score (nSPS) is 11.3. The van der Waals surface area contributed by atoms with Crippen LogP contribution in [0.1, 0.15) is 6.42 Å². The number of benzene rings is 2. The highest BCUT2D eigenvalue weighted by Gasteiger charge is 2.21. The minimum Gasteiger partial charge on any atom is -0.495 e. The minimum absolute atomic E-state index is 0. The van der Waals surface area contributed by atoms with E-state index in [0.29, 0.717) is 51.9 Å². The first-order chi connectivity index (χ1) is 16.5. The average Bonchev–Trinajstić information content (AvgIpc) is 3.36. The number of thioether (sulfide) groups is 1. The molecule has 35 heavy (non-hydrogen) atoms. The topological polar surface area (TPSA) is 118 Å². The molecule has 190 valence electrons. The number of nitrogens with two attached hydrogens (primary N) is 1. The summed E-state index contributed by atoms with van der Waals surface area (Å²) >= 11 is 1.64. The van der Waals surface area contributed by atoms with Crippen LogP contribution in [-0.2, 0) is 4.79 Å². The Hall–Kier alpha value is -3.08. The molecule has 0 aliphatic carbocycles. The Balaban J connectivity index is 0.00000432. The minimum atomic E-state index is -0.619. The lowest BCUT2D eigenvalue weighted by Gasteiger charge is -2.16. The van der Waals surface area contributed by atoms with Crippen molar-refractivity contribution in [1.29, 1.82) is 0 Å². The van der Waals surface area contributed by atoms with Gasteiger partial charge in [0.05, 0.1) is 40.2 Å². The standard InChI is InChI=1S/C24H29N3O6S.ClH/c1-29-19-7-6-14(10-18(19)26-24(28)17(25)8-9-34-5)16-13-33-27-22(16)15-11-20(30-2)23(32-4)21(12-15)31-3;/h6-7,10-13,17H,8-9,25H2,1-5H3,(H,26,28);1H. The summed E-state index contributed by atoms with van der Waals surface area (Å²) in [6.45, 7) is 0. The Labute approximate surface area is 215 Å². The van der Waals surface area contributed by atoms with Gasteiger partial charge >= 0.3 is 0 Å². The fourth-order valence-electron chi connectivity index (χ4n) is 3.44. The first kappa shape index (κ1) is 28.2. The highest BCUT2D eigenvalue weighted by Crippen LogP contribution is 2.43. The van der Waals surface area contributed by atoms with Gasteiger partial charge < -0.3 is 34.5 Å². The van der Waals surface area contributed by atoms with E-state index in [2.05, 4.69) is 10.5 Å². The molecule has 1 atom stereocenters. The number of amides is 1. The van der Waals surface area contributed by atoms with Gasteiger partial charge in [0.2, 0.25) is 11.7 Å². The van der Waals surface area contributed by atoms with Gasteiger partial charge in [-0.1, -0.05) is 11.2 Å². The molecular formula is C24H30ClN3O6S. The zero-order valence-electron chi connectivity index (χ0n) is 20.2. The second-order valence-corrected chi connectivity index (χ2v) is 8.27. The predicted molar refractivity (Wildman–Crippen MR) is 140 cm³/mol. The number of ether oxygens (including phenoxy) is 4. The molecule has 3 N–H and O–H groups in total. The molecule has 3 rings (SSSR count). The van der Waals surface area contributed by atoms with Gasteiger partial charge in [0, 0.05) is 11.1 Å². The van der Waals surface area contributed by atoms with Gasteiger partial charge in [-0.3, -0.25) is 4.79 Å². The molecule has 0 radical (unpaired) electrons. The number of methoxy groups -OCH3 is 4. The maximum absolute atomic E-state index is 12.6. The smallest absolute Gasteiger partial charge is 0.241 e. The van der Waals surface area contributed by atoms with Gasteiger partial charge in [0.1, 0.15) is 17.7 Å². The van der Waals surface area contributed by atoms with Crippen LogP contribution in [0, 0.1) is 0 Å². The Kier molecular flexibility index (Phi) is 10.6. The molecule has 0 saturated heterocycles. The third kappa shape index (κ3) is 6.33. The van der Waals surface area contributed by atoms with Crippen molar-refractivity contribution >= 4 is 35.8 Å². The molecule has 1 heterocycles. The lowest BCUT2D eigenvalue weighted by atomic mass is 10.0. The molecule has 0 aliphatic heterocycles. The van der Waals surface area contributed by atoms with Crippen LogP contribution >= 0.6 is 24.2 Å². The predicted octanol–water partition coefficient (Wildman–Crippen LogP) is 4.48. The molecule has 0 aliphatic rings. The molecule has 1 amide bonds. The SMILES string of the molecule is COc1ccc(-c2conc2-c2cc(OC)c(OC)c(OC)c2)cc1NC(=O)C(N)CCSC.Cl. The van der Waals surface area contributed by atoms with Crippen molar-refractivity contribution in [2.45, 2.75) is 12.5 Å². The Morgan fingerprint density at radius 1 is 1.03 bits per heavy atom. The van der Waals surface area contributed by atoms with Crippen molar-refractivity contribution in [1.82, 2.24) is 5.16 Å². The average molecular weight is 524 g/mol. The third-order valence-corrected chi connectivity index (χ3v) is 5.89. The number of nitrogens with one attached hydrogen (secondary N) is 1. The quantitative estimate of drug-likeness (QED) is 0.375. The van der Waals surface area contributed by atoms with E-state index in [1.54, 1.807) is 64.5 Å². The summed E-state index contributed by atoms with van der Waals surface area (Å²) < 4.78 is 27.1. The molecule has 0 saturated carbocycles. The number of anilines is 1. The Morgan fingerprint density at radius 3 is 2.26 bits per heavy atom. The molecule has 0 spiro atoms. The third-order valence-electron chi connectivity index (χ3n) is 5.25. The van der Waals surface area contributed by atoms with Gasteiger partial charge in [-0.25, -0.2) is 0 Å². The lowest BCUT2D eigenvalue weighted by molar-refractivity contribution is -0.117. The van der Waals surface area contributed by atoms with Gasteiger partial charge in [-0.15, -0.1) is 12.4 Å². The summed E-state index contributed by atoms with van der Waals surface area (Å²) in [5.74, 6) is 2.50. The first-order valence-corrected chi connectivity index (χ1v) is 11.8. The van der Waals surface area contributed by atoms with E-state index < -0.39 is 6.04 Å². The number of aromatic nitrogens is 1. The summed E-state index contributed by atoms with van der Waals surface area (Å²) in [5, 5.41) is 7.07. The van der Waals surface area contributed by atoms with Gasteiger partial charge in [-0.05, 0) is 48.3 Å². The van der Waals surface area contributed by atoms with Crippen molar-refractivity contribution < 1.29 is 28.3 Å². The second-order valence-electron chi connectivity index (χ2n) is 7.28. The van der Waals surface area contributed by atoms with Gasteiger partial charge in [0.15, 0.2) is 11.5 Å². The monoisotopic (exact) mass is 523 g/mol. The van der Waals surface area contributed by atoms with Crippen molar-refractivity contribution in [3.63, 3.8) is 0 Å². The van der Waals surface area contributed by atoms with E-state index >= 15 is 0 Å². The second kappa shape index (κ2) is 13.1. The first-order valence-electron chi connectivity index (χ1n) is 10.5. The molecule has 9 nitrogen and oxygen atoms in total. The maximum atomic E-state index is 12.6. The number of hydrogen-bond acceptors (Lipinski definition) is 9. The molecule has 2 aromatic carbocycles. The van der Waals surface area contributed by atoms with Crippen molar-refractivity contribution in [2.75, 3.05) is 45.8 Å². The van der Waals surface area contributed by atoms with Crippen LogP contribution < -0.4 is 30.0 Å². The highest BCUT2D eigenvalue weighted by molar-refractivity contribution is 7.98. The summed E-state index contributed by atoms with van der Waals surface area (Å²) in [5.41, 5.74) is 9.28. The highest BCUT2D eigenvalue weighted by atomic mass is 35.5. The van der Waals surface area contributed by atoms with Crippen LogP contribution in [0.25, 0.3) is 22.4 Å². The summed E-state index contributed by atoms with van der Waals surface area (Å²) in [7, 11) is 6.18. The Bertz CT molecular complexity index is 1120. The van der Waals surface area contributed by atoms with E-state index in [-0.39, 0.29) is 18.3 Å². The number of rotatable bonds is 11. The number of nitrogens with zero attached hydrogens (tertiary/aromatic N) is 1. The van der Waals surface area contributed by atoms with Gasteiger partial charge in [-0.2, -0.15) is 11.8 Å². The van der Waals surface area contributed by atoms with Crippen LogP contribution in [0.3, 0.4) is 0 Å². The fourth-order valence-corrected chi connectivity index (χ4v) is 3.93. The molecule has 11 heteroatoms. The number of carbonyl (C=O) groups excluding carboxylic acids is 1. The molecule has 3 aromatic rings. The molecule has 0 fully saturated rings. The molecule has 0 bridgehead atoms. The van der Waals surface area contributed by atoms with E-state index in [1.807, 2.05) is 12.3 Å². The molecule has 1 aromatic heterocycles. The van der Waals surface area contributed by atoms with Crippen LogP contribution in [0.15, 0.2) is 41.1 Å². The van der Waals surface area contributed by atoms with Crippen LogP contribution in [0.2, 0.25) is 0 Å². The fraction of sp³-hybridized carbons (Fsp3) is 0.333. The molecular weight excluding hydrogens is 494 g/mol. The van der Waals surface area contributed by atoms with E-state index in [9.17, 15) is 4.79 Å². The van der Waals surface area contributed by atoms with Crippen molar-refractivity contribution in [3.8, 4) is 45.4 Å². The van der Waals surface area contributed by atoms with Crippen molar-refractivity contribution in [3.05, 3.63) is 36.6 Å². The summed E-state index contributed by atoms with van der Waals surface area (Å²) in [4.78, 5) is 12.6. The molecule has 1 unspecified atom stereocenters. The zero-order chi connectivity index (χ0) is 24.7. The van der Waals surface area contributed by atoms with Gasteiger partial charge in [0.25, 0.3) is 0 Å². The number of hydrogen-bond donors (Lipinski definition) is 2. The van der Waals surface area contributed by atoms with Crippen LogP contribution in [0.4, 0.5) is 5.69 Å². The Morgan fingerprint density at radius 2 is 1.69 bits per heavy atom. The van der Waals surface area contributed by atoms with Crippen LogP contribution in [-0.4, -0.2) is 57.6 Å². The van der Waals surface area contributed by atoms with E-state index in [0.717, 1.165) is 11.3 Å². The van der Waals surface area contributed by atoms with E-state index in [1.165, 1.54) is 6.26 Å². The number of halogens is 1. The summed E-state index contributed by atoms with van der Waals surface area (Å²) in [6, 6.07) is 8.39. The number of carbonyl (C=O) groups is 1. The lowest BCUT2D eigenvalue weighted by Crippen LogP contribution is -2.36. The zero-order valence-corrected chi connectivity index (χ0v) is 21.9. The summed E-state index contributed by atoms with van der Waals surface area (Å²) in [6.07, 6.45) is 4.09. The largest absolute Gasteiger partial charge is 0.495 e.